The van der Waals surface area contributed by atoms with Crippen LogP contribution in [0.5, 0.6) is 11.5 Å². The van der Waals surface area contributed by atoms with Gasteiger partial charge in [-0.1, -0.05) is 0 Å². The number of hydrogen-bond donors (Lipinski definition) is 0. The van der Waals surface area contributed by atoms with Gasteiger partial charge in [-0.05, 0) is 24.3 Å². The Morgan fingerprint density at radius 2 is 1.73 bits per heavy atom. The van der Waals surface area contributed by atoms with Crippen LogP contribution >= 0.6 is 0 Å². The van der Waals surface area contributed by atoms with Crippen LogP contribution in [0.3, 0.4) is 0 Å². The lowest BCUT2D eigenvalue weighted by Crippen LogP contribution is -2.49. The Morgan fingerprint density at radius 3 is 2.33 bits per heavy atom. The second-order valence-corrected chi connectivity index (χ2v) is 7.66. The third-order valence-electron chi connectivity index (χ3n) is 5.57. The molecule has 3 aromatic rings. The van der Waals surface area contributed by atoms with Crippen LogP contribution in [0.4, 0.5) is 18.9 Å². The lowest BCUT2D eigenvalue weighted by atomic mass is 10.1. The van der Waals surface area contributed by atoms with Gasteiger partial charge in [-0.3, -0.25) is 4.79 Å². The molecule has 1 amide bonds. The largest absolute Gasteiger partial charge is 0.497 e. The van der Waals surface area contributed by atoms with Gasteiger partial charge in [-0.2, -0.15) is 13.2 Å². The molecule has 2 aromatic carbocycles. The summed E-state index contributed by atoms with van der Waals surface area (Å²) in [5.41, 5.74) is 2.44. The number of benzene rings is 2. The summed E-state index contributed by atoms with van der Waals surface area (Å²) in [6.07, 6.45) is -4.18. The van der Waals surface area contributed by atoms with E-state index in [0.29, 0.717) is 35.9 Å². The number of aromatic nitrogens is 2. The zero-order valence-electron chi connectivity index (χ0n) is 18.2. The van der Waals surface area contributed by atoms with Crippen LogP contribution in [0, 0.1) is 0 Å². The molecule has 0 saturated carbocycles. The summed E-state index contributed by atoms with van der Waals surface area (Å²) in [4.78, 5) is 24.2. The number of methoxy groups -OCH3 is 2. The number of anilines is 1. The Morgan fingerprint density at radius 1 is 1.03 bits per heavy atom. The molecule has 1 aliphatic heterocycles. The molecule has 174 valence electrons. The molecule has 0 aliphatic carbocycles. The van der Waals surface area contributed by atoms with E-state index in [2.05, 4.69) is 9.97 Å². The lowest BCUT2D eigenvalue weighted by Gasteiger charge is -2.36. The van der Waals surface area contributed by atoms with E-state index in [1.54, 1.807) is 26.5 Å². The number of halogens is 3. The molecular weight excluding hydrogens is 437 g/mol. The van der Waals surface area contributed by atoms with E-state index in [4.69, 9.17) is 9.47 Å². The maximum absolute atomic E-state index is 12.5. The van der Waals surface area contributed by atoms with E-state index in [0.717, 1.165) is 16.6 Å². The van der Waals surface area contributed by atoms with E-state index < -0.39 is 18.5 Å². The van der Waals surface area contributed by atoms with Crippen molar-refractivity contribution in [1.29, 1.82) is 0 Å². The summed E-state index contributed by atoms with van der Waals surface area (Å²) >= 11 is 0. The first-order valence-corrected chi connectivity index (χ1v) is 10.4. The maximum Gasteiger partial charge on any atom is 0.397 e. The minimum atomic E-state index is -4.48. The first-order valence-electron chi connectivity index (χ1n) is 10.4. The van der Waals surface area contributed by atoms with Crippen LogP contribution < -0.4 is 14.4 Å². The zero-order chi connectivity index (χ0) is 23.6. The Labute approximate surface area is 188 Å². The molecule has 0 N–H and O–H groups in total. The number of ether oxygens (including phenoxy) is 2. The maximum atomic E-state index is 12.5. The Bertz CT molecular complexity index is 1140. The minimum absolute atomic E-state index is 0.258. The van der Waals surface area contributed by atoms with E-state index >= 15 is 0 Å². The Balaban J connectivity index is 1.47. The number of rotatable bonds is 5. The second-order valence-electron chi connectivity index (χ2n) is 7.66. The first-order chi connectivity index (χ1) is 15.8. The predicted molar refractivity (Wildman–Crippen MR) is 118 cm³/mol. The average Bonchev–Trinajstić information content (AvgIpc) is 2.82. The van der Waals surface area contributed by atoms with Crippen molar-refractivity contribution in [2.45, 2.75) is 12.6 Å². The predicted octanol–water partition coefficient (Wildman–Crippen LogP) is 3.92. The highest BCUT2D eigenvalue weighted by atomic mass is 19.4. The van der Waals surface area contributed by atoms with Gasteiger partial charge in [-0.25, -0.2) is 9.97 Å². The van der Waals surface area contributed by atoms with Gasteiger partial charge in [0.1, 0.15) is 17.9 Å². The summed E-state index contributed by atoms with van der Waals surface area (Å²) in [6, 6.07) is 11.2. The van der Waals surface area contributed by atoms with E-state index in [9.17, 15) is 18.0 Å². The Hall–Kier alpha value is -3.56. The van der Waals surface area contributed by atoms with Gasteiger partial charge >= 0.3 is 6.18 Å². The number of hydrogen-bond acceptors (Lipinski definition) is 6. The molecule has 10 heteroatoms. The third kappa shape index (κ3) is 5.10. The van der Waals surface area contributed by atoms with E-state index in [1.165, 1.54) is 4.90 Å². The SMILES string of the molecule is COc1cc(OC)c2cnc(-c3ccc(N4CCN(C(=O)CC(F)(F)F)CC4)cc3)nc2c1. The van der Waals surface area contributed by atoms with Crippen molar-refractivity contribution < 1.29 is 27.4 Å². The van der Waals surface area contributed by atoms with Crippen LogP contribution in [0.25, 0.3) is 22.3 Å². The molecule has 0 bridgehead atoms. The summed E-state index contributed by atoms with van der Waals surface area (Å²) in [6.45, 7) is 1.45. The number of piperazine rings is 1. The van der Waals surface area contributed by atoms with Crippen molar-refractivity contribution in [3.8, 4) is 22.9 Å². The van der Waals surface area contributed by atoms with Crippen molar-refractivity contribution in [3.05, 3.63) is 42.6 Å². The second kappa shape index (κ2) is 9.13. The molecule has 1 aliphatic rings. The molecule has 0 atom stereocenters. The van der Waals surface area contributed by atoms with E-state index in [-0.39, 0.29) is 13.1 Å². The van der Waals surface area contributed by atoms with Crippen molar-refractivity contribution in [1.82, 2.24) is 14.9 Å². The molecule has 1 fully saturated rings. The highest BCUT2D eigenvalue weighted by molar-refractivity contribution is 5.87. The Kier molecular flexibility index (Phi) is 6.26. The van der Waals surface area contributed by atoms with Gasteiger partial charge in [0.15, 0.2) is 5.82 Å². The summed E-state index contributed by atoms with van der Waals surface area (Å²) in [5.74, 6) is 0.928. The molecule has 0 spiro atoms. The molecule has 1 saturated heterocycles. The molecule has 4 rings (SSSR count). The van der Waals surface area contributed by atoms with Crippen LogP contribution in [0.15, 0.2) is 42.6 Å². The molecule has 0 unspecified atom stereocenters. The zero-order valence-corrected chi connectivity index (χ0v) is 18.2. The van der Waals surface area contributed by atoms with Crippen molar-refractivity contribution in [2.24, 2.45) is 0 Å². The quantitative estimate of drug-likeness (QED) is 0.575. The summed E-state index contributed by atoms with van der Waals surface area (Å²) in [5, 5.41) is 0.775. The standard InChI is InChI=1S/C23H23F3N4O3/c1-32-17-11-19-18(20(12-17)33-2)14-27-22(28-19)15-3-5-16(6-4-15)29-7-9-30(10-8-29)21(31)13-23(24,25)26/h3-6,11-12,14H,7-10,13H2,1-2H3. The van der Waals surface area contributed by atoms with Gasteiger partial charge in [-0.15, -0.1) is 0 Å². The van der Waals surface area contributed by atoms with Crippen molar-refractivity contribution >= 4 is 22.5 Å². The van der Waals surface area contributed by atoms with Crippen LogP contribution in [-0.2, 0) is 4.79 Å². The number of carbonyl (C=O) groups is 1. The fourth-order valence-corrected chi connectivity index (χ4v) is 3.82. The fraction of sp³-hybridized carbons (Fsp3) is 0.348. The van der Waals surface area contributed by atoms with E-state index in [1.807, 2.05) is 35.2 Å². The monoisotopic (exact) mass is 460 g/mol. The molecule has 33 heavy (non-hydrogen) atoms. The summed E-state index contributed by atoms with van der Waals surface area (Å²) < 4.78 is 48.1. The molecule has 2 heterocycles. The highest BCUT2D eigenvalue weighted by Gasteiger charge is 2.34. The summed E-state index contributed by atoms with van der Waals surface area (Å²) in [7, 11) is 3.15. The highest BCUT2D eigenvalue weighted by Crippen LogP contribution is 2.31. The third-order valence-corrected chi connectivity index (χ3v) is 5.57. The fourth-order valence-electron chi connectivity index (χ4n) is 3.82. The van der Waals surface area contributed by atoms with Gasteiger partial charge in [0.2, 0.25) is 5.91 Å². The number of fused-ring (bicyclic) bond motifs is 1. The van der Waals surface area contributed by atoms with Gasteiger partial charge in [0, 0.05) is 55.8 Å². The lowest BCUT2D eigenvalue weighted by molar-refractivity contribution is -0.161. The molecule has 1 aromatic heterocycles. The van der Waals surface area contributed by atoms with Crippen LogP contribution in [0.2, 0.25) is 0 Å². The van der Waals surface area contributed by atoms with Gasteiger partial charge in [0.05, 0.1) is 25.1 Å². The number of carbonyl (C=O) groups excluding carboxylic acids is 1. The minimum Gasteiger partial charge on any atom is -0.497 e. The average molecular weight is 460 g/mol. The first kappa shape index (κ1) is 22.6. The van der Waals surface area contributed by atoms with Crippen LogP contribution in [-0.4, -0.2) is 67.3 Å². The number of alkyl halides is 3. The van der Waals surface area contributed by atoms with Crippen molar-refractivity contribution in [2.75, 3.05) is 45.3 Å². The number of nitrogens with zero attached hydrogens (tertiary/aromatic N) is 4. The molecule has 7 nitrogen and oxygen atoms in total. The van der Waals surface area contributed by atoms with Gasteiger partial charge < -0.3 is 19.3 Å². The topological polar surface area (TPSA) is 67.8 Å². The molecular formula is C23H23F3N4O3. The smallest absolute Gasteiger partial charge is 0.397 e. The number of amides is 1. The van der Waals surface area contributed by atoms with Crippen LogP contribution in [0.1, 0.15) is 6.42 Å². The van der Waals surface area contributed by atoms with Gasteiger partial charge in [0.25, 0.3) is 0 Å². The normalized spacial score (nSPS) is 14.5. The van der Waals surface area contributed by atoms with Crippen molar-refractivity contribution in [3.63, 3.8) is 0 Å². The molecule has 0 radical (unpaired) electrons.